The summed E-state index contributed by atoms with van der Waals surface area (Å²) in [6.07, 6.45) is 0.657. The van der Waals surface area contributed by atoms with Crippen molar-refractivity contribution in [1.29, 1.82) is 0 Å². The zero-order chi connectivity index (χ0) is 16.8. The molecule has 23 heavy (non-hydrogen) atoms. The van der Waals surface area contributed by atoms with Crippen molar-refractivity contribution in [2.45, 2.75) is 6.10 Å². The summed E-state index contributed by atoms with van der Waals surface area (Å²) < 4.78 is 15.7. The molecule has 1 aromatic heterocycles. The lowest BCUT2D eigenvalue weighted by atomic mass is 10.2. The fraction of sp³-hybridized carbons (Fsp3) is 0.250. The molecule has 0 radical (unpaired) electrons. The average molecular weight is 336 g/mol. The van der Waals surface area contributed by atoms with Gasteiger partial charge in [0.05, 0.1) is 6.10 Å². The summed E-state index contributed by atoms with van der Waals surface area (Å²) in [5.74, 6) is -0.445. The Bertz CT molecular complexity index is 767. The SMILES string of the molecule is C=CCOC(=O)c1cc(=O)c2c(OCC(O)CS)cccc2o1. The Kier molecular flexibility index (Phi) is 5.84. The number of rotatable bonds is 7. The zero-order valence-electron chi connectivity index (χ0n) is 12.2. The standard InChI is InChI=1S/C16H16O6S/c1-2-6-20-16(19)14-7-11(18)15-12(21-8-10(17)9-23)4-3-5-13(15)22-14/h2-5,7,10,17,23H,1,6,8-9H2. The molecule has 0 amide bonds. The van der Waals surface area contributed by atoms with Crippen LogP contribution < -0.4 is 10.2 Å². The molecule has 7 heteroatoms. The Morgan fingerprint density at radius 2 is 2.26 bits per heavy atom. The molecule has 0 saturated carbocycles. The van der Waals surface area contributed by atoms with Crippen molar-refractivity contribution < 1.29 is 23.8 Å². The highest BCUT2D eigenvalue weighted by molar-refractivity contribution is 7.80. The first-order valence-corrected chi connectivity index (χ1v) is 7.46. The minimum Gasteiger partial charge on any atom is -0.490 e. The molecule has 1 N–H and O–H groups in total. The lowest BCUT2D eigenvalue weighted by Gasteiger charge is -2.11. The highest BCUT2D eigenvalue weighted by Gasteiger charge is 2.16. The molecule has 2 aromatic rings. The molecule has 0 aliphatic heterocycles. The number of hydrogen-bond donors (Lipinski definition) is 2. The second-order valence-electron chi connectivity index (χ2n) is 4.64. The van der Waals surface area contributed by atoms with Gasteiger partial charge < -0.3 is 19.0 Å². The first kappa shape index (κ1) is 17.1. The maximum Gasteiger partial charge on any atom is 0.374 e. The highest BCUT2D eigenvalue weighted by Crippen LogP contribution is 2.23. The van der Waals surface area contributed by atoms with Gasteiger partial charge in [0.1, 0.15) is 29.9 Å². The third-order valence-corrected chi connectivity index (χ3v) is 3.31. The van der Waals surface area contributed by atoms with Crippen molar-refractivity contribution in [2.75, 3.05) is 19.0 Å². The number of hydrogen-bond acceptors (Lipinski definition) is 7. The number of carbonyl (C=O) groups is 1. The van der Waals surface area contributed by atoms with E-state index >= 15 is 0 Å². The van der Waals surface area contributed by atoms with Gasteiger partial charge in [0.25, 0.3) is 0 Å². The van der Waals surface area contributed by atoms with Crippen molar-refractivity contribution in [3.8, 4) is 5.75 Å². The topological polar surface area (TPSA) is 86.0 Å². The Labute approximate surface area is 137 Å². The molecule has 0 bridgehead atoms. The van der Waals surface area contributed by atoms with E-state index in [0.717, 1.165) is 6.07 Å². The average Bonchev–Trinajstić information content (AvgIpc) is 2.56. The van der Waals surface area contributed by atoms with E-state index in [2.05, 4.69) is 19.2 Å². The van der Waals surface area contributed by atoms with Gasteiger partial charge in [-0.25, -0.2) is 4.79 Å². The van der Waals surface area contributed by atoms with Crippen LogP contribution in [-0.2, 0) is 4.74 Å². The molecule has 1 atom stereocenters. The van der Waals surface area contributed by atoms with Crippen molar-refractivity contribution in [3.63, 3.8) is 0 Å². The summed E-state index contributed by atoms with van der Waals surface area (Å²) in [6, 6.07) is 5.80. The number of aliphatic hydroxyl groups is 1. The summed E-state index contributed by atoms with van der Waals surface area (Å²) in [4.78, 5) is 24.0. The second-order valence-corrected chi connectivity index (χ2v) is 5.00. The lowest BCUT2D eigenvalue weighted by molar-refractivity contribution is 0.0514. The molecule has 6 nitrogen and oxygen atoms in total. The van der Waals surface area contributed by atoms with Crippen LogP contribution in [0.25, 0.3) is 11.0 Å². The fourth-order valence-corrected chi connectivity index (χ4v) is 1.95. The van der Waals surface area contributed by atoms with Gasteiger partial charge in [0.2, 0.25) is 5.76 Å². The highest BCUT2D eigenvalue weighted by atomic mass is 32.1. The van der Waals surface area contributed by atoms with E-state index in [9.17, 15) is 14.7 Å². The minimum atomic E-state index is -0.756. The van der Waals surface area contributed by atoms with Gasteiger partial charge in [-0.2, -0.15) is 12.6 Å². The molecular formula is C16H16O6S. The largest absolute Gasteiger partial charge is 0.490 e. The number of benzene rings is 1. The van der Waals surface area contributed by atoms with E-state index in [1.165, 1.54) is 6.08 Å². The van der Waals surface area contributed by atoms with Gasteiger partial charge >= 0.3 is 5.97 Å². The minimum absolute atomic E-state index is 0.00875. The van der Waals surface area contributed by atoms with E-state index in [4.69, 9.17) is 13.9 Å². The first-order valence-electron chi connectivity index (χ1n) is 6.83. The third-order valence-electron chi connectivity index (χ3n) is 2.89. The normalized spacial score (nSPS) is 11.9. The summed E-state index contributed by atoms with van der Waals surface area (Å²) in [5.41, 5.74) is -0.242. The second kappa shape index (κ2) is 7.85. The number of thiol groups is 1. The van der Waals surface area contributed by atoms with Crippen LogP contribution in [0.5, 0.6) is 5.75 Å². The quantitative estimate of drug-likeness (QED) is 0.456. The van der Waals surface area contributed by atoms with Crippen molar-refractivity contribution in [2.24, 2.45) is 0 Å². The Morgan fingerprint density at radius 3 is 2.96 bits per heavy atom. The van der Waals surface area contributed by atoms with Gasteiger partial charge in [-0.15, -0.1) is 0 Å². The van der Waals surface area contributed by atoms with E-state index in [1.54, 1.807) is 18.2 Å². The molecule has 122 valence electrons. The molecule has 0 spiro atoms. The molecule has 1 heterocycles. The van der Waals surface area contributed by atoms with Gasteiger partial charge in [-0.3, -0.25) is 4.79 Å². The van der Waals surface area contributed by atoms with Crippen LogP contribution in [-0.4, -0.2) is 36.1 Å². The number of fused-ring (bicyclic) bond motifs is 1. The first-order chi connectivity index (χ1) is 11.1. The lowest BCUT2D eigenvalue weighted by Crippen LogP contribution is -2.19. The summed E-state index contributed by atoms with van der Waals surface area (Å²) >= 11 is 3.95. The van der Waals surface area contributed by atoms with Crippen LogP contribution in [0.2, 0.25) is 0 Å². The van der Waals surface area contributed by atoms with Gasteiger partial charge in [0, 0.05) is 11.8 Å². The smallest absolute Gasteiger partial charge is 0.374 e. The third kappa shape index (κ3) is 4.14. The number of carbonyl (C=O) groups excluding carboxylic acids is 1. The monoisotopic (exact) mass is 336 g/mol. The van der Waals surface area contributed by atoms with Gasteiger partial charge in [0.15, 0.2) is 5.43 Å². The predicted octanol–water partition coefficient (Wildman–Crippen LogP) is 1.81. The Hall–Kier alpha value is -2.25. The number of esters is 1. The molecule has 0 aliphatic carbocycles. The van der Waals surface area contributed by atoms with Gasteiger partial charge in [-0.1, -0.05) is 18.7 Å². The van der Waals surface area contributed by atoms with Crippen LogP contribution in [0.1, 0.15) is 10.6 Å². The molecule has 0 aliphatic rings. The van der Waals surface area contributed by atoms with Gasteiger partial charge in [-0.05, 0) is 12.1 Å². The van der Waals surface area contributed by atoms with Crippen molar-refractivity contribution in [3.05, 3.63) is 52.9 Å². The Balaban J connectivity index is 2.37. The van der Waals surface area contributed by atoms with Crippen molar-refractivity contribution in [1.82, 2.24) is 0 Å². The molecule has 2 rings (SSSR count). The van der Waals surface area contributed by atoms with E-state index < -0.39 is 17.5 Å². The van der Waals surface area contributed by atoms with E-state index in [1.807, 2.05) is 0 Å². The summed E-state index contributed by atoms with van der Waals surface area (Å²) in [7, 11) is 0. The van der Waals surface area contributed by atoms with Crippen LogP contribution in [0.3, 0.4) is 0 Å². The van der Waals surface area contributed by atoms with Crippen LogP contribution in [0.15, 0.2) is 46.1 Å². The predicted molar refractivity (Wildman–Crippen MR) is 88.3 cm³/mol. The van der Waals surface area contributed by atoms with Crippen LogP contribution in [0.4, 0.5) is 0 Å². The summed E-state index contributed by atoms with van der Waals surface area (Å²) in [5, 5.41) is 9.68. The maximum absolute atomic E-state index is 12.3. The molecule has 0 fully saturated rings. The maximum atomic E-state index is 12.3. The fourth-order valence-electron chi connectivity index (χ4n) is 1.84. The molecular weight excluding hydrogens is 320 g/mol. The number of ether oxygens (including phenoxy) is 2. The molecule has 1 unspecified atom stereocenters. The molecule has 0 saturated heterocycles. The van der Waals surface area contributed by atoms with Crippen LogP contribution in [0, 0.1) is 0 Å². The van der Waals surface area contributed by atoms with E-state index in [-0.39, 0.29) is 41.4 Å². The summed E-state index contributed by atoms with van der Waals surface area (Å²) in [6.45, 7) is 3.45. The Morgan fingerprint density at radius 1 is 1.48 bits per heavy atom. The number of aliphatic hydroxyl groups excluding tert-OH is 1. The zero-order valence-corrected chi connectivity index (χ0v) is 13.1. The van der Waals surface area contributed by atoms with Crippen LogP contribution >= 0.6 is 12.6 Å². The van der Waals surface area contributed by atoms with Crippen molar-refractivity contribution >= 4 is 29.6 Å². The van der Waals surface area contributed by atoms with E-state index in [0.29, 0.717) is 0 Å². The molecule has 1 aromatic carbocycles.